The van der Waals surface area contributed by atoms with E-state index in [1.54, 1.807) is 42.5 Å². The Labute approximate surface area is 204 Å². The van der Waals surface area contributed by atoms with E-state index in [1.807, 2.05) is 6.92 Å². The van der Waals surface area contributed by atoms with E-state index in [4.69, 9.17) is 18.9 Å². The monoisotopic (exact) mass is 479 g/mol. The number of ether oxygens (including phenoxy) is 4. The third-order valence-electron chi connectivity index (χ3n) is 6.11. The number of aliphatic hydroxyl groups excluding tert-OH is 1. The summed E-state index contributed by atoms with van der Waals surface area (Å²) >= 11 is 0. The lowest BCUT2D eigenvalue weighted by atomic mass is 9.94. The van der Waals surface area contributed by atoms with E-state index in [0.29, 0.717) is 35.7 Å². The van der Waals surface area contributed by atoms with E-state index in [9.17, 15) is 14.7 Å². The predicted octanol–water partition coefficient (Wildman–Crippen LogP) is 3.65. The van der Waals surface area contributed by atoms with Gasteiger partial charge in [0.05, 0.1) is 25.3 Å². The van der Waals surface area contributed by atoms with Crippen molar-refractivity contribution < 1.29 is 33.6 Å². The zero-order valence-corrected chi connectivity index (χ0v) is 20.1. The van der Waals surface area contributed by atoms with Gasteiger partial charge in [-0.1, -0.05) is 18.7 Å². The van der Waals surface area contributed by atoms with E-state index in [0.717, 1.165) is 11.3 Å². The normalized spacial score (nSPS) is 20.5. The van der Waals surface area contributed by atoms with Crippen LogP contribution >= 0.6 is 0 Å². The third kappa shape index (κ3) is 4.61. The number of methoxy groups -OCH3 is 2. The summed E-state index contributed by atoms with van der Waals surface area (Å²) in [5.41, 5.74) is 2.01. The van der Waals surface area contributed by atoms with Crippen LogP contribution in [0, 0.1) is 0 Å². The van der Waals surface area contributed by atoms with Gasteiger partial charge < -0.3 is 29.0 Å². The molecule has 2 aliphatic heterocycles. The smallest absolute Gasteiger partial charge is 0.295 e. The Balaban J connectivity index is 1.82. The highest BCUT2D eigenvalue weighted by Gasteiger charge is 2.46. The van der Waals surface area contributed by atoms with Gasteiger partial charge in [-0.05, 0) is 48.4 Å². The largest absolute Gasteiger partial charge is 0.507 e. The molecular formula is C27H29NO7. The van der Waals surface area contributed by atoms with E-state index < -0.39 is 17.7 Å². The predicted molar refractivity (Wildman–Crippen MR) is 130 cm³/mol. The van der Waals surface area contributed by atoms with Gasteiger partial charge in [-0.15, -0.1) is 0 Å². The van der Waals surface area contributed by atoms with Crippen LogP contribution in [0.15, 0.2) is 54.6 Å². The molecule has 0 radical (unpaired) electrons. The van der Waals surface area contributed by atoms with Crippen molar-refractivity contribution in [3.05, 3.63) is 71.3 Å². The van der Waals surface area contributed by atoms with Gasteiger partial charge in [0, 0.05) is 25.6 Å². The molecule has 184 valence electrons. The summed E-state index contributed by atoms with van der Waals surface area (Å²) in [5.74, 6) is 0.00739. The van der Waals surface area contributed by atoms with Crippen LogP contribution in [0.2, 0.25) is 0 Å². The van der Waals surface area contributed by atoms with Crippen molar-refractivity contribution in [2.75, 3.05) is 34.0 Å². The molecule has 8 nitrogen and oxygen atoms in total. The zero-order chi connectivity index (χ0) is 25.1. The molecule has 4 rings (SSSR count). The molecule has 2 aromatic rings. The number of aliphatic hydroxyl groups is 1. The second-order valence-electron chi connectivity index (χ2n) is 8.45. The molecule has 2 aromatic carbocycles. The van der Waals surface area contributed by atoms with Crippen molar-refractivity contribution in [2.45, 2.75) is 25.5 Å². The van der Waals surface area contributed by atoms with Gasteiger partial charge in [-0.2, -0.15) is 0 Å². The number of likely N-dealkylation sites (tertiary alicyclic amines) is 1. The second-order valence-corrected chi connectivity index (χ2v) is 8.45. The molecule has 1 saturated heterocycles. The number of benzene rings is 2. The van der Waals surface area contributed by atoms with E-state index >= 15 is 0 Å². The summed E-state index contributed by atoms with van der Waals surface area (Å²) in [5, 5.41) is 11.3. The molecule has 0 bridgehead atoms. The summed E-state index contributed by atoms with van der Waals surface area (Å²) in [7, 11) is 3.03. The van der Waals surface area contributed by atoms with Crippen molar-refractivity contribution >= 4 is 17.4 Å². The standard InChI is InChI=1S/C27H29NO7/c1-5-11-34-21-9-6-17(15-22(21)33-4)24-23(26(30)27(31)28(24)10-12-32-3)25(29)18-7-8-20-19(14-18)13-16(2)35-20/h5-9,14-16,24,29H,1,10-13H2,2-4H3/t16-,24+/m1/s1. The number of carbonyl (C=O) groups is 2. The first kappa shape index (κ1) is 24.3. The first-order valence-corrected chi connectivity index (χ1v) is 11.4. The molecule has 0 aromatic heterocycles. The summed E-state index contributed by atoms with van der Waals surface area (Å²) in [4.78, 5) is 27.6. The van der Waals surface area contributed by atoms with Gasteiger partial charge >= 0.3 is 0 Å². The number of rotatable bonds is 9. The molecule has 1 fully saturated rings. The Morgan fingerprint density at radius 3 is 2.71 bits per heavy atom. The highest BCUT2D eigenvalue weighted by molar-refractivity contribution is 6.46. The molecule has 1 N–H and O–H groups in total. The fourth-order valence-electron chi connectivity index (χ4n) is 4.49. The van der Waals surface area contributed by atoms with Crippen molar-refractivity contribution in [3.63, 3.8) is 0 Å². The lowest BCUT2D eigenvalue weighted by molar-refractivity contribution is -0.140. The highest BCUT2D eigenvalue weighted by Crippen LogP contribution is 2.42. The Kier molecular flexibility index (Phi) is 7.12. The fourth-order valence-corrected chi connectivity index (χ4v) is 4.49. The first-order valence-electron chi connectivity index (χ1n) is 11.4. The van der Waals surface area contributed by atoms with Crippen LogP contribution in [0.5, 0.6) is 17.2 Å². The molecule has 8 heteroatoms. The van der Waals surface area contributed by atoms with E-state index in [2.05, 4.69) is 6.58 Å². The minimum absolute atomic E-state index is 0.0137. The maximum Gasteiger partial charge on any atom is 0.295 e. The van der Waals surface area contributed by atoms with Crippen molar-refractivity contribution in [1.29, 1.82) is 0 Å². The zero-order valence-electron chi connectivity index (χ0n) is 20.1. The average molecular weight is 480 g/mol. The molecule has 2 atom stereocenters. The van der Waals surface area contributed by atoms with Gasteiger partial charge in [-0.3, -0.25) is 9.59 Å². The molecule has 0 saturated carbocycles. The average Bonchev–Trinajstić information content (AvgIpc) is 3.36. The van der Waals surface area contributed by atoms with E-state index in [-0.39, 0.29) is 30.6 Å². The lowest BCUT2D eigenvalue weighted by Gasteiger charge is -2.25. The Bertz CT molecular complexity index is 1190. The second kappa shape index (κ2) is 10.2. The van der Waals surface area contributed by atoms with E-state index in [1.165, 1.54) is 19.1 Å². The SMILES string of the molecule is C=CCOc1ccc([C@H]2C(=C(O)c3ccc4c(c3)C[C@@H](C)O4)C(=O)C(=O)N2CCOC)cc1OC. The van der Waals surface area contributed by atoms with Crippen LogP contribution in [0.25, 0.3) is 5.76 Å². The van der Waals surface area contributed by atoms with Crippen LogP contribution in [0.3, 0.4) is 0 Å². The summed E-state index contributed by atoms with van der Waals surface area (Å²) < 4.78 is 22.0. The summed E-state index contributed by atoms with van der Waals surface area (Å²) in [6.07, 6.45) is 2.36. The number of ketones is 1. The van der Waals surface area contributed by atoms with Gasteiger partial charge in [-0.25, -0.2) is 0 Å². The van der Waals surface area contributed by atoms with Crippen molar-refractivity contribution in [3.8, 4) is 17.2 Å². The van der Waals surface area contributed by atoms with Crippen LogP contribution in [0.4, 0.5) is 0 Å². The molecule has 1 amide bonds. The minimum atomic E-state index is -0.823. The van der Waals surface area contributed by atoms with Crippen molar-refractivity contribution in [2.24, 2.45) is 0 Å². The molecule has 2 aliphatic rings. The number of nitrogens with zero attached hydrogens (tertiary/aromatic N) is 1. The molecule has 0 spiro atoms. The van der Waals surface area contributed by atoms with Gasteiger partial charge in [0.15, 0.2) is 11.5 Å². The number of amides is 1. The number of carbonyl (C=O) groups excluding carboxylic acids is 2. The lowest BCUT2D eigenvalue weighted by Crippen LogP contribution is -2.32. The van der Waals surface area contributed by atoms with Gasteiger partial charge in [0.1, 0.15) is 24.2 Å². The Morgan fingerprint density at radius 1 is 1.20 bits per heavy atom. The fraction of sp³-hybridized carbons (Fsp3) is 0.333. The van der Waals surface area contributed by atoms with Crippen LogP contribution in [0.1, 0.15) is 29.7 Å². The maximum atomic E-state index is 13.2. The number of hydrogen-bond acceptors (Lipinski definition) is 7. The molecule has 35 heavy (non-hydrogen) atoms. The summed E-state index contributed by atoms with van der Waals surface area (Å²) in [6.45, 7) is 6.32. The molecule has 2 heterocycles. The molecule has 0 aliphatic carbocycles. The van der Waals surface area contributed by atoms with Crippen LogP contribution in [-0.2, 0) is 20.7 Å². The number of Topliss-reactive ketones (excluding diaryl/α,β-unsaturated/α-hetero) is 1. The number of fused-ring (bicyclic) bond motifs is 1. The molecular weight excluding hydrogens is 450 g/mol. The first-order chi connectivity index (χ1) is 16.9. The van der Waals surface area contributed by atoms with Gasteiger partial charge in [0.25, 0.3) is 11.7 Å². The molecule has 0 unspecified atom stereocenters. The number of hydrogen-bond donors (Lipinski definition) is 1. The quantitative estimate of drug-likeness (QED) is 0.254. The van der Waals surface area contributed by atoms with Crippen LogP contribution in [-0.4, -0.2) is 61.8 Å². The maximum absolute atomic E-state index is 13.2. The Hall–Kier alpha value is -3.78. The minimum Gasteiger partial charge on any atom is -0.507 e. The van der Waals surface area contributed by atoms with Crippen LogP contribution < -0.4 is 14.2 Å². The highest BCUT2D eigenvalue weighted by atomic mass is 16.5. The topological polar surface area (TPSA) is 94.5 Å². The van der Waals surface area contributed by atoms with Gasteiger partial charge in [0.2, 0.25) is 0 Å². The Morgan fingerprint density at radius 2 is 2.00 bits per heavy atom. The summed E-state index contributed by atoms with van der Waals surface area (Å²) in [6, 6.07) is 9.62. The third-order valence-corrected chi connectivity index (χ3v) is 6.11. The van der Waals surface area contributed by atoms with Crippen molar-refractivity contribution in [1.82, 2.24) is 4.90 Å².